The molecule has 5 heteroatoms. The fourth-order valence-corrected chi connectivity index (χ4v) is 3.61. The van der Waals surface area contributed by atoms with E-state index in [-0.39, 0.29) is 12.0 Å². The van der Waals surface area contributed by atoms with Crippen molar-refractivity contribution in [2.75, 3.05) is 26.2 Å². The molecule has 1 atom stereocenters. The third kappa shape index (κ3) is 5.44. The average molecular weight is 344 g/mol. The number of nitrogens with zero attached hydrogens (tertiary/aromatic N) is 1. The normalized spacial score (nSPS) is 18.4. The molecule has 128 valence electrons. The van der Waals surface area contributed by atoms with Gasteiger partial charge in [-0.25, -0.2) is 0 Å². The molecule has 1 fully saturated rings. The van der Waals surface area contributed by atoms with Gasteiger partial charge in [-0.3, -0.25) is 9.69 Å². The first-order chi connectivity index (χ1) is 11.8. The van der Waals surface area contributed by atoms with Gasteiger partial charge in [0.2, 0.25) is 5.91 Å². The van der Waals surface area contributed by atoms with Gasteiger partial charge in [-0.15, -0.1) is 11.3 Å². The largest absolute Gasteiger partial charge is 0.374 e. The Morgan fingerprint density at radius 3 is 2.92 bits per heavy atom. The topological polar surface area (TPSA) is 41.6 Å². The predicted octanol–water partition coefficient (Wildman–Crippen LogP) is 2.70. The van der Waals surface area contributed by atoms with Gasteiger partial charge in [-0.1, -0.05) is 36.4 Å². The number of morpholine rings is 1. The molecule has 1 aromatic carbocycles. The highest BCUT2D eigenvalue weighted by Gasteiger charge is 2.20. The number of aryl methyl sites for hydroxylation is 1. The van der Waals surface area contributed by atoms with Crippen LogP contribution in [-0.4, -0.2) is 43.2 Å². The number of nitrogens with one attached hydrogen (secondary N) is 1. The third-order valence-electron chi connectivity index (χ3n) is 4.18. The van der Waals surface area contributed by atoms with Crippen LogP contribution < -0.4 is 5.32 Å². The standard InChI is InChI=1S/C19H24N2O2S/c22-19(9-8-18-7-4-12-24-18)20-13-17-15-21(10-11-23-17)14-16-5-2-1-3-6-16/h1-7,12,17H,8-11,13-15H2,(H,20,22). The number of rotatable bonds is 7. The highest BCUT2D eigenvalue weighted by atomic mass is 32.1. The second kappa shape index (κ2) is 8.97. The lowest BCUT2D eigenvalue weighted by Gasteiger charge is -2.33. The Balaban J connectivity index is 1.38. The molecule has 2 heterocycles. The Morgan fingerprint density at radius 1 is 1.25 bits per heavy atom. The maximum absolute atomic E-state index is 12.0. The van der Waals surface area contributed by atoms with Gasteiger partial charge < -0.3 is 10.1 Å². The monoisotopic (exact) mass is 344 g/mol. The Bertz CT molecular complexity index is 616. The number of carbonyl (C=O) groups excluding carboxylic acids is 1. The quantitative estimate of drug-likeness (QED) is 0.840. The van der Waals surface area contributed by atoms with E-state index in [2.05, 4.69) is 40.5 Å². The van der Waals surface area contributed by atoms with Crippen LogP contribution in [0.4, 0.5) is 0 Å². The number of thiophene rings is 1. The maximum Gasteiger partial charge on any atom is 0.220 e. The van der Waals surface area contributed by atoms with E-state index in [0.29, 0.717) is 13.0 Å². The lowest BCUT2D eigenvalue weighted by molar-refractivity contribution is -0.122. The average Bonchev–Trinajstić information content (AvgIpc) is 3.13. The first kappa shape index (κ1) is 17.1. The van der Waals surface area contributed by atoms with Gasteiger partial charge in [0.15, 0.2) is 0 Å². The summed E-state index contributed by atoms with van der Waals surface area (Å²) in [6.45, 7) is 4.06. The van der Waals surface area contributed by atoms with Crippen LogP contribution in [0.15, 0.2) is 47.8 Å². The molecule has 0 aliphatic carbocycles. The van der Waals surface area contributed by atoms with Crippen molar-refractivity contribution in [1.29, 1.82) is 0 Å². The van der Waals surface area contributed by atoms with Crippen LogP contribution in [0.2, 0.25) is 0 Å². The number of ether oxygens (including phenoxy) is 1. The predicted molar refractivity (Wildman–Crippen MR) is 97.1 cm³/mol. The molecule has 0 bridgehead atoms. The van der Waals surface area contributed by atoms with Crippen LogP contribution in [0.25, 0.3) is 0 Å². The van der Waals surface area contributed by atoms with Gasteiger partial charge in [-0.05, 0) is 23.4 Å². The minimum absolute atomic E-state index is 0.0770. The number of hydrogen-bond donors (Lipinski definition) is 1. The van der Waals surface area contributed by atoms with Crippen molar-refractivity contribution in [1.82, 2.24) is 10.2 Å². The molecule has 3 rings (SSSR count). The second-order valence-corrected chi connectivity index (χ2v) is 7.13. The fourth-order valence-electron chi connectivity index (χ4n) is 2.90. The van der Waals surface area contributed by atoms with E-state index >= 15 is 0 Å². The van der Waals surface area contributed by atoms with Crippen molar-refractivity contribution in [3.63, 3.8) is 0 Å². The van der Waals surface area contributed by atoms with Crippen LogP contribution in [0.3, 0.4) is 0 Å². The lowest BCUT2D eigenvalue weighted by Crippen LogP contribution is -2.47. The summed E-state index contributed by atoms with van der Waals surface area (Å²) < 4.78 is 5.79. The zero-order valence-corrected chi connectivity index (χ0v) is 14.6. The maximum atomic E-state index is 12.0. The SMILES string of the molecule is O=C(CCc1cccs1)NCC1CN(Cc2ccccc2)CCO1. The van der Waals surface area contributed by atoms with Gasteiger partial charge in [-0.2, -0.15) is 0 Å². The zero-order chi connectivity index (χ0) is 16.6. The summed E-state index contributed by atoms with van der Waals surface area (Å²) in [5, 5.41) is 5.06. The van der Waals surface area contributed by atoms with Crippen molar-refractivity contribution >= 4 is 17.2 Å². The van der Waals surface area contributed by atoms with Gasteiger partial charge in [0.1, 0.15) is 0 Å². The Kier molecular flexibility index (Phi) is 6.41. The second-order valence-electron chi connectivity index (χ2n) is 6.10. The summed E-state index contributed by atoms with van der Waals surface area (Å²) in [4.78, 5) is 15.6. The fraction of sp³-hybridized carbons (Fsp3) is 0.421. The first-order valence-electron chi connectivity index (χ1n) is 8.46. The summed E-state index contributed by atoms with van der Waals surface area (Å²) in [6, 6.07) is 14.6. The molecule has 1 aromatic heterocycles. The number of benzene rings is 1. The Morgan fingerprint density at radius 2 is 2.12 bits per heavy atom. The molecule has 1 aliphatic heterocycles. The van der Waals surface area contributed by atoms with Gasteiger partial charge in [0, 0.05) is 37.5 Å². The lowest BCUT2D eigenvalue weighted by atomic mass is 10.2. The van der Waals surface area contributed by atoms with Gasteiger partial charge in [0.25, 0.3) is 0 Å². The van der Waals surface area contributed by atoms with Crippen molar-refractivity contribution in [3.8, 4) is 0 Å². The molecule has 1 unspecified atom stereocenters. The highest BCUT2D eigenvalue weighted by Crippen LogP contribution is 2.12. The van der Waals surface area contributed by atoms with E-state index in [1.165, 1.54) is 10.4 Å². The molecule has 1 saturated heterocycles. The highest BCUT2D eigenvalue weighted by molar-refractivity contribution is 7.09. The summed E-state index contributed by atoms with van der Waals surface area (Å²) >= 11 is 1.70. The Hall–Kier alpha value is -1.69. The van der Waals surface area contributed by atoms with Crippen LogP contribution in [0.5, 0.6) is 0 Å². The molecule has 1 amide bonds. The van der Waals surface area contributed by atoms with E-state index in [4.69, 9.17) is 4.74 Å². The zero-order valence-electron chi connectivity index (χ0n) is 13.8. The number of hydrogen-bond acceptors (Lipinski definition) is 4. The molecule has 1 N–H and O–H groups in total. The summed E-state index contributed by atoms with van der Waals surface area (Å²) in [6.07, 6.45) is 1.43. The third-order valence-corrected chi connectivity index (χ3v) is 5.11. The van der Waals surface area contributed by atoms with Gasteiger partial charge in [0.05, 0.1) is 12.7 Å². The van der Waals surface area contributed by atoms with Crippen LogP contribution in [-0.2, 0) is 22.5 Å². The van der Waals surface area contributed by atoms with Gasteiger partial charge >= 0.3 is 0 Å². The van der Waals surface area contributed by atoms with Crippen molar-refractivity contribution < 1.29 is 9.53 Å². The molecule has 0 spiro atoms. The van der Waals surface area contributed by atoms with Crippen LogP contribution >= 0.6 is 11.3 Å². The molecular weight excluding hydrogens is 320 g/mol. The summed E-state index contributed by atoms with van der Waals surface area (Å²) in [5.41, 5.74) is 1.32. The van der Waals surface area contributed by atoms with Crippen LogP contribution in [0, 0.1) is 0 Å². The summed E-state index contributed by atoms with van der Waals surface area (Å²) in [7, 11) is 0. The van der Waals surface area contributed by atoms with Crippen molar-refractivity contribution in [2.24, 2.45) is 0 Å². The molecular formula is C19H24N2O2S. The summed E-state index contributed by atoms with van der Waals surface area (Å²) in [5.74, 6) is 0.104. The molecule has 0 saturated carbocycles. The van der Waals surface area contributed by atoms with Crippen LogP contribution in [0.1, 0.15) is 16.9 Å². The van der Waals surface area contributed by atoms with E-state index in [1.54, 1.807) is 11.3 Å². The van der Waals surface area contributed by atoms with E-state index in [1.807, 2.05) is 17.5 Å². The van der Waals surface area contributed by atoms with Crippen molar-refractivity contribution in [2.45, 2.75) is 25.5 Å². The van der Waals surface area contributed by atoms with E-state index < -0.39 is 0 Å². The number of carbonyl (C=O) groups is 1. The number of amides is 1. The Labute approximate surface area is 147 Å². The van der Waals surface area contributed by atoms with E-state index in [9.17, 15) is 4.79 Å². The molecule has 24 heavy (non-hydrogen) atoms. The molecule has 0 radical (unpaired) electrons. The molecule has 1 aliphatic rings. The first-order valence-corrected chi connectivity index (χ1v) is 9.34. The molecule has 4 nitrogen and oxygen atoms in total. The minimum atomic E-state index is 0.0770. The smallest absolute Gasteiger partial charge is 0.220 e. The van der Waals surface area contributed by atoms with Crippen molar-refractivity contribution in [3.05, 3.63) is 58.3 Å². The molecule has 2 aromatic rings. The minimum Gasteiger partial charge on any atom is -0.374 e. The van der Waals surface area contributed by atoms with E-state index in [0.717, 1.165) is 32.7 Å².